The van der Waals surface area contributed by atoms with Gasteiger partial charge in [0.05, 0.1) is 5.60 Å². The first-order valence-corrected chi connectivity index (χ1v) is 10.9. The Bertz CT molecular complexity index is 203. The van der Waals surface area contributed by atoms with Gasteiger partial charge in [0, 0.05) is 0 Å². The van der Waals surface area contributed by atoms with Crippen molar-refractivity contribution in [3.05, 3.63) is 0 Å². The Kier molecular flexibility index (Phi) is 6.22. The minimum Gasteiger partial charge on any atom is -0.412 e. The third kappa shape index (κ3) is 5.13. The van der Waals surface area contributed by atoms with E-state index >= 15 is 0 Å². The summed E-state index contributed by atoms with van der Waals surface area (Å²) in [5.74, 6) is 0. The maximum absolute atomic E-state index is 6.57. The van der Waals surface area contributed by atoms with Gasteiger partial charge in [-0.2, -0.15) is 0 Å². The van der Waals surface area contributed by atoms with Crippen LogP contribution in [0.4, 0.5) is 0 Å². The topological polar surface area (TPSA) is 9.23 Å². The van der Waals surface area contributed by atoms with Crippen LogP contribution in [0, 0.1) is 0 Å². The summed E-state index contributed by atoms with van der Waals surface area (Å²) in [7, 11) is -1.30. The lowest BCUT2D eigenvalue weighted by atomic mass is 9.88. The fraction of sp³-hybridized carbons (Fsp3) is 1.00. The van der Waals surface area contributed by atoms with Gasteiger partial charge < -0.3 is 4.43 Å². The maximum atomic E-state index is 6.57. The average molecular weight is 257 g/mol. The molecule has 17 heavy (non-hydrogen) atoms. The Morgan fingerprint density at radius 1 is 0.941 bits per heavy atom. The summed E-state index contributed by atoms with van der Waals surface area (Å²) >= 11 is 0. The van der Waals surface area contributed by atoms with Crippen LogP contribution in [0.25, 0.3) is 0 Å². The lowest BCUT2D eigenvalue weighted by Gasteiger charge is -2.32. The highest BCUT2D eigenvalue weighted by atomic mass is 28.4. The Hall–Kier alpha value is 0.177. The Balaban J connectivity index is 2.46. The SMILES string of the molecule is CCCCCC1(CCCCC)CC[Si](C)(C)O1. The number of hydrogen-bond acceptors (Lipinski definition) is 1. The molecule has 1 rings (SSSR count). The lowest BCUT2D eigenvalue weighted by molar-refractivity contribution is 0.0594. The number of hydrogen-bond donors (Lipinski definition) is 0. The van der Waals surface area contributed by atoms with Crippen molar-refractivity contribution in [2.75, 3.05) is 0 Å². The Morgan fingerprint density at radius 2 is 1.47 bits per heavy atom. The van der Waals surface area contributed by atoms with E-state index < -0.39 is 8.32 Å². The molecule has 0 aromatic rings. The first-order chi connectivity index (χ1) is 8.04. The molecular weight excluding hydrogens is 224 g/mol. The van der Waals surface area contributed by atoms with Crippen molar-refractivity contribution in [3.8, 4) is 0 Å². The van der Waals surface area contributed by atoms with Crippen molar-refractivity contribution in [1.82, 2.24) is 0 Å². The maximum Gasteiger partial charge on any atom is 0.187 e. The highest BCUT2D eigenvalue weighted by Crippen LogP contribution is 2.42. The van der Waals surface area contributed by atoms with E-state index in [2.05, 4.69) is 26.9 Å². The highest BCUT2D eigenvalue weighted by Gasteiger charge is 2.44. The van der Waals surface area contributed by atoms with Crippen LogP contribution in [-0.2, 0) is 4.43 Å². The summed E-state index contributed by atoms with van der Waals surface area (Å²) in [6.45, 7) is 9.37. The van der Waals surface area contributed by atoms with Gasteiger partial charge in [-0.3, -0.25) is 0 Å². The van der Waals surface area contributed by atoms with E-state index in [1.807, 2.05) is 0 Å². The summed E-state index contributed by atoms with van der Waals surface area (Å²) in [6, 6.07) is 1.38. The fourth-order valence-electron chi connectivity index (χ4n) is 3.09. The predicted octanol–water partition coefficient (Wildman–Crippen LogP) is 5.51. The lowest BCUT2D eigenvalue weighted by Crippen LogP contribution is -2.35. The zero-order valence-corrected chi connectivity index (χ0v) is 13.5. The second-order valence-electron chi connectivity index (χ2n) is 6.46. The van der Waals surface area contributed by atoms with Gasteiger partial charge in [0.2, 0.25) is 0 Å². The van der Waals surface area contributed by atoms with Gasteiger partial charge in [-0.25, -0.2) is 0 Å². The second-order valence-corrected chi connectivity index (χ2v) is 10.7. The van der Waals surface area contributed by atoms with Crippen molar-refractivity contribution < 1.29 is 4.43 Å². The number of unbranched alkanes of at least 4 members (excludes halogenated alkanes) is 4. The summed E-state index contributed by atoms with van der Waals surface area (Å²) in [4.78, 5) is 0. The molecule has 0 saturated carbocycles. The van der Waals surface area contributed by atoms with Gasteiger partial charge in [0.25, 0.3) is 0 Å². The van der Waals surface area contributed by atoms with Crippen molar-refractivity contribution in [1.29, 1.82) is 0 Å². The third-order valence-corrected chi connectivity index (χ3v) is 6.59. The molecule has 0 aromatic carbocycles. The van der Waals surface area contributed by atoms with E-state index in [4.69, 9.17) is 4.43 Å². The van der Waals surface area contributed by atoms with Crippen molar-refractivity contribution >= 4 is 8.32 Å². The van der Waals surface area contributed by atoms with Gasteiger partial charge in [0.1, 0.15) is 0 Å². The molecule has 0 aromatic heterocycles. The smallest absolute Gasteiger partial charge is 0.187 e. The largest absolute Gasteiger partial charge is 0.412 e. The molecule has 2 heteroatoms. The van der Waals surface area contributed by atoms with Gasteiger partial charge >= 0.3 is 0 Å². The zero-order valence-electron chi connectivity index (χ0n) is 12.5. The van der Waals surface area contributed by atoms with Gasteiger partial charge in [-0.05, 0) is 38.4 Å². The van der Waals surface area contributed by atoms with Crippen LogP contribution < -0.4 is 0 Å². The molecule has 0 atom stereocenters. The van der Waals surface area contributed by atoms with Gasteiger partial charge in [0.15, 0.2) is 8.32 Å². The van der Waals surface area contributed by atoms with Crippen LogP contribution in [0.5, 0.6) is 0 Å². The van der Waals surface area contributed by atoms with Crippen molar-refractivity contribution in [3.63, 3.8) is 0 Å². The normalized spacial score (nSPS) is 21.9. The molecular formula is C15H32OSi. The van der Waals surface area contributed by atoms with E-state index in [-0.39, 0.29) is 0 Å². The molecule has 1 aliphatic heterocycles. The van der Waals surface area contributed by atoms with Crippen molar-refractivity contribution in [2.45, 2.75) is 96.4 Å². The summed E-state index contributed by atoms with van der Waals surface area (Å²) in [5, 5.41) is 0. The number of rotatable bonds is 8. The van der Waals surface area contributed by atoms with E-state index in [0.717, 1.165) is 0 Å². The molecule has 1 fully saturated rings. The summed E-state index contributed by atoms with van der Waals surface area (Å²) < 4.78 is 6.57. The van der Waals surface area contributed by atoms with Crippen LogP contribution in [0.1, 0.15) is 71.6 Å². The van der Waals surface area contributed by atoms with Crippen LogP contribution in [-0.4, -0.2) is 13.9 Å². The molecule has 0 radical (unpaired) electrons. The fourth-order valence-corrected chi connectivity index (χ4v) is 5.73. The predicted molar refractivity (Wildman–Crippen MR) is 79.0 cm³/mol. The highest BCUT2D eigenvalue weighted by molar-refractivity contribution is 6.71. The quantitative estimate of drug-likeness (QED) is 0.411. The first-order valence-electron chi connectivity index (χ1n) is 7.74. The molecule has 0 spiro atoms. The first kappa shape index (κ1) is 15.2. The molecule has 0 N–H and O–H groups in total. The zero-order chi connectivity index (χ0) is 12.8. The summed E-state index contributed by atoms with van der Waals surface area (Å²) in [5.41, 5.74) is 0.292. The van der Waals surface area contributed by atoms with Crippen molar-refractivity contribution in [2.24, 2.45) is 0 Å². The van der Waals surface area contributed by atoms with E-state index in [1.165, 1.54) is 63.8 Å². The standard InChI is InChI=1S/C15H32OSi/c1-5-7-9-11-15(12-10-8-6-2)13-14-17(3,4)16-15/h5-14H2,1-4H3. The van der Waals surface area contributed by atoms with Crippen LogP contribution in [0.2, 0.25) is 19.1 Å². The Morgan fingerprint density at radius 3 is 1.82 bits per heavy atom. The molecule has 1 saturated heterocycles. The molecule has 102 valence electrons. The Labute approximate surface area is 109 Å². The summed E-state index contributed by atoms with van der Waals surface area (Å²) in [6.07, 6.45) is 12.1. The molecule has 0 unspecified atom stereocenters. The second kappa shape index (κ2) is 6.94. The van der Waals surface area contributed by atoms with Crippen LogP contribution in [0.15, 0.2) is 0 Å². The van der Waals surface area contributed by atoms with Gasteiger partial charge in [-0.15, -0.1) is 0 Å². The monoisotopic (exact) mass is 256 g/mol. The van der Waals surface area contributed by atoms with Gasteiger partial charge in [-0.1, -0.05) is 52.4 Å². The van der Waals surface area contributed by atoms with E-state index in [1.54, 1.807) is 0 Å². The molecule has 0 aliphatic carbocycles. The molecule has 1 nitrogen and oxygen atoms in total. The minimum atomic E-state index is -1.30. The van der Waals surface area contributed by atoms with Crippen LogP contribution in [0.3, 0.4) is 0 Å². The van der Waals surface area contributed by atoms with E-state index in [9.17, 15) is 0 Å². The molecule has 0 amide bonds. The van der Waals surface area contributed by atoms with E-state index in [0.29, 0.717) is 5.60 Å². The molecule has 1 aliphatic rings. The molecule has 0 bridgehead atoms. The average Bonchev–Trinajstić information content (AvgIpc) is 2.56. The molecule has 1 heterocycles. The van der Waals surface area contributed by atoms with Crippen LogP contribution >= 0.6 is 0 Å². The third-order valence-electron chi connectivity index (χ3n) is 4.15. The minimum absolute atomic E-state index is 0.292.